The molecule has 0 saturated heterocycles. The van der Waals surface area contributed by atoms with Crippen LogP contribution in [0.5, 0.6) is 5.75 Å². The lowest BCUT2D eigenvalue weighted by atomic mass is 10.1. The fourth-order valence-electron chi connectivity index (χ4n) is 2.42. The second kappa shape index (κ2) is 13.4. The molecule has 0 aliphatic carbocycles. The molecular weight excluding hydrogens is 457 g/mol. The maximum atomic E-state index is 5.88. The molecule has 0 fully saturated rings. The van der Waals surface area contributed by atoms with E-state index in [0.29, 0.717) is 26.4 Å². The van der Waals surface area contributed by atoms with Gasteiger partial charge in [-0.3, -0.25) is 9.67 Å². The van der Waals surface area contributed by atoms with E-state index in [1.807, 2.05) is 23.9 Å². The van der Waals surface area contributed by atoms with Crippen LogP contribution in [0, 0.1) is 6.92 Å². The molecule has 2 N–H and O–H groups in total. The topological polar surface area (TPSA) is 72.7 Å². The highest BCUT2D eigenvalue weighted by molar-refractivity contribution is 14.0. The Kier molecular flexibility index (Phi) is 11.5. The molecule has 0 aliphatic heterocycles. The predicted octanol–water partition coefficient (Wildman–Crippen LogP) is 2.59. The van der Waals surface area contributed by atoms with Gasteiger partial charge in [-0.15, -0.1) is 24.0 Å². The number of aliphatic imine (C=N–C) groups is 1. The van der Waals surface area contributed by atoms with Crippen molar-refractivity contribution in [1.82, 2.24) is 20.4 Å². The Hall–Kier alpha value is -1.81. The van der Waals surface area contributed by atoms with Crippen LogP contribution in [0.4, 0.5) is 0 Å². The fourth-order valence-corrected chi connectivity index (χ4v) is 2.42. The van der Waals surface area contributed by atoms with Gasteiger partial charge in [-0.1, -0.05) is 12.1 Å². The number of aryl methyl sites for hydroxylation is 1. The Morgan fingerprint density at radius 1 is 1.26 bits per heavy atom. The highest BCUT2D eigenvalue weighted by Crippen LogP contribution is 2.20. The molecule has 27 heavy (non-hydrogen) atoms. The summed E-state index contributed by atoms with van der Waals surface area (Å²) in [4.78, 5) is 4.26. The number of hydrogen-bond acceptors (Lipinski definition) is 4. The van der Waals surface area contributed by atoms with E-state index in [2.05, 4.69) is 45.8 Å². The van der Waals surface area contributed by atoms with Crippen molar-refractivity contribution in [3.05, 3.63) is 47.8 Å². The van der Waals surface area contributed by atoms with Gasteiger partial charge in [0, 0.05) is 44.7 Å². The van der Waals surface area contributed by atoms with Gasteiger partial charge in [0.05, 0.1) is 13.2 Å². The maximum absolute atomic E-state index is 5.88. The van der Waals surface area contributed by atoms with Gasteiger partial charge >= 0.3 is 0 Å². The molecule has 0 amide bonds. The van der Waals surface area contributed by atoms with Gasteiger partial charge in [0.2, 0.25) is 0 Å². The Bertz CT molecular complexity index is 677. The number of halogens is 1. The molecule has 7 nitrogen and oxygen atoms in total. The number of benzene rings is 1. The van der Waals surface area contributed by atoms with Gasteiger partial charge in [-0.2, -0.15) is 5.10 Å². The van der Waals surface area contributed by atoms with Crippen LogP contribution in [-0.4, -0.2) is 49.2 Å². The second-order valence-electron chi connectivity index (χ2n) is 5.78. The fraction of sp³-hybridized carbons (Fsp3) is 0.474. The molecule has 0 atom stereocenters. The molecular formula is C19H30IN5O2. The van der Waals surface area contributed by atoms with E-state index < -0.39 is 0 Å². The summed E-state index contributed by atoms with van der Waals surface area (Å²) in [5.74, 6) is 1.63. The molecule has 0 aliphatic rings. The van der Waals surface area contributed by atoms with Crippen molar-refractivity contribution in [3.8, 4) is 5.75 Å². The molecule has 0 unspecified atom stereocenters. The summed E-state index contributed by atoms with van der Waals surface area (Å²) in [6, 6.07) is 8.13. The average molecular weight is 487 g/mol. The van der Waals surface area contributed by atoms with Crippen LogP contribution in [0.1, 0.15) is 18.1 Å². The summed E-state index contributed by atoms with van der Waals surface area (Å²) in [7, 11) is 1.76. The van der Waals surface area contributed by atoms with Crippen molar-refractivity contribution in [3.63, 3.8) is 0 Å². The summed E-state index contributed by atoms with van der Waals surface area (Å²) in [6.45, 7) is 8.03. The first-order valence-corrected chi connectivity index (χ1v) is 8.95. The molecule has 8 heteroatoms. The van der Waals surface area contributed by atoms with Crippen molar-refractivity contribution in [2.45, 2.75) is 26.9 Å². The van der Waals surface area contributed by atoms with Gasteiger partial charge in [-0.25, -0.2) is 0 Å². The maximum Gasteiger partial charge on any atom is 0.191 e. The van der Waals surface area contributed by atoms with E-state index in [-0.39, 0.29) is 24.0 Å². The highest BCUT2D eigenvalue weighted by atomic mass is 127. The molecule has 150 valence electrons. The van der Waals surface area contributed by atoms with Crippen LogP contribution in [0.25, 0.3) is 0 Å². The minimum absolute atomic E-state index is 0. The molecule has 0 saturated carbocycles. The number of hydrogen-bond donors (Lipinski definition) is 2. The zero-order valence-corrected chi connectivity index (χ0v) is 18.6. The van der Waals surface area contributed by atoms with Crippen molar-refractivity contribution >= 4 is 29.9 Å². The third kappa shape index (κ3) is 8.61. The quantitative estimate of drug-likeness (QED) is 0.233. The van der Waals surface area contributed by atoms with Gasteiger partial charge in [-0.05, 0) is 31.5 Å². The molecule has 1 aromatic carbocycles. The average Bonchev–Trinajstić information content (AvgIpc) is 3.16. The van der Waals surface area contributed by atoms with Gasteiger partial charge in [0.25, 0.3) is 0 Å². The SMILES string of the molecule is CCOCCOc1cc(C)ccc1CNC(=NC)NCCn1cccn1.I. The molecule has 1 heterocycles. The number of nitrogens with zero attached hydrogens (tertiary/aromatic N) is 3. The summed E-state index contributed by atoms with van der Waals surface area (Å²) in [5, 5.41) is 10.8. The highest BCUT2D eigenvalue weighted by Gasteiger charge is 2.06. The van der Waals surface area contributed by atoms with Crippen LogP contribution in [-0.2, 0) is 17.8 Å². The van der Waals surface area contributed by atoms with Crippen molar-refractivity contribution in [2.24, 2.45) is 4.99 Å². The van der Waals surface area contributed by atoms with E-state index in [0.717, 1.165) is 30.4 Å². The Morgan fingerprint density at radius 3 is 2.81 bits per heavy atom. The normalized spacial score (nSPS) is 11.0. The van der Waals surface area contributed by atoms with E-state index in [9.17, 15) is 0 Å². The molecule has 1 aromatic heterocycles. The smallest absolute Gasteiger partial charge is 0.191 e. The Balaban J connectivity index is 0.00000364. The first-order valence-electron chi connectivity index (χ1n) is 8.95. The van der Waals surface area contributed by atoms with E-state index in [1.54, 1.807) is 13.2 Å². The van der Waals surface area contributed by atoms with Crippen LogP contribution in [0.15, 0.2) is 41.7 Å². The number of rotatable bonds is 10. The lowest BCUT2D eigenvalue weighted by Crippen LogP contribution is -2.38. The predicted molar refractivity (Wildman–Crippen MR) is 119 cm³/mol. The van der Waals surface area contributed by atoms with E-state index in [1.165, 1.54) is 5.56 Å². The number of ether oxygens (including phenoxy) is 2. The molecule has 2 aromatic rings. The van der Waals surface area contributed by atoms with Crippen LogP contribution >= 0.6 is 24.0 Å². The van der Waals surface area contributed by atoms with Crippen molar-refractivity contribution < 1.29 is 9.47 Å². The van der Waals surface area contributed by atoms with Gasteiger partial charge in [0.15, 0.2) is 5.96 Å². The standard InChI is InChI=1S/C19H29N5O2.HI/c1-4-25-12-13-26-18-14-16(2)6-7-17(18)15-22-19(20-3)21-9-11-24-10-5-8-23-24;/h5-8,10,14H,4,9,11-13,15H2,1-3H3,(H2,20,21,22);1H. The molecule has 2 rings (SSSR count). The first kappa shape index (κ1) is 23.2. The lowest BCUT2D eigenvalue weighted by molar-refractivity contribution is 0.110. The second-order valence-corrected chi connectivity index (χ2v) is 5.78. The number of aromatic nitrogens is 2. The zero-order valence-electron chi connectivity index (χ0n) is 16.3. The molecule has 0 bridgehead atoms. The molecule has 0 spiro atoms. The summed E-state index contributed by atoms with van der Waals surface area (Å²) in [6.07, 6.45) is 3.72. The van der Waals surface area contributed by atoms with Gasteiger partial charge in [0.1, 0.15) is 12.4 Å². The number of nitrogens with one attached hydrogen (secondary N) is 2. The van der Waals surface area contributed by atoms with Crippen LogP contribution < -0.4 is 15.4 Å². The van der Waals surface area contributed by atoms with E-state index >= 15 is 0 Å². The number of guanidine groups is 1. The van der Waals surface area contributed by atoms with Crippen molar-refractivity contribution in [1.29, 1.82) is 0 Å². The summed E-state index contributed by atoms with van der Waals surface area (Å²) >= 11 is 0. The van der Waals surface area contributed by atoms with Crippen molar-refractivity contribution in [2.75, 3.05) is 33.4 Å². The van der Waals surface area contributed by atoms with Gasteiger partial charge < -0.3 is 20.1 Å². The van der Waals surface area contributed by atoms with Crippen LogP contribution in [0.2, 0.25) is 0 Å². The Labute approximate surface area is 178 Å². The summed E-state index contributed by atoms with van der Waals surface area (Å²) < 4.78 is 13.1. The third-order valence-corrected chi connectivity index (χ3v) is 3.77. The van der Waals surface area contributed by atoms with Crippen LogP contribution in [0.3, 0.4) is 0 Å². The minimum atomic E-state index is 0. The largest absolute Gasteiger partial charge is 0.491 e. The molecule has 0 radical (unpaired) electrons. The Morgan fingerprint density at radius 2 is 2.11 bits per heavy atom. The summed E-state index contributed by atoms with van der Waals surface area (Å²) in [5.41, 5.74) is 2.25. The first-order chi connectivity index (χ1) is 12.7. The minimum Gasteiger partial charge on any atom is -0.491 e. The zero-order chi connectivity index (χ0) is 18.6. The third-order valence-electron chi connectivity index (χ3n) is 3.77. The van der Waals surface area contributed by atoms with E-state index in [4.69, 9.17) is 9.47 Å². The lowest BCUT2D eigenvalue weighted by Gasteiger charge is -2.15. The monoisotopic (exact) mass is 487 g/mol.